The molecule has 2 N–H and O–H groups in total. The van der Waals surface area contributed by atoms with Crippen molar-refractivity contribution in [3.63, 3.8) is 0 Å². The van der Waals surface area contributed by atoms with Gasteiger partial charge in [0.1, 0.15) is 11.8 Å². The summed E-state index contributed by atoms with van der Waals surface area (Å²) >= 11 is 6.20. The lowest BCUT2D eigenvalue weighted by atomic mass is 10.1. The third-order valence-corrected chi connectivity index (χ3v) is 5.34. The summed E-state index contributed by atoms with van der Waals surface area (Å²) in [7, 11) is 0. The molecule has 0 radical (unpaired) electrons. The topological polar surface area (TPSA) is 111 Å². The van der Waals surface area contributed by atoms with Crippen molar-refractivity contribution in [2.75, 3.05) is 18.8 Å². The molecule has 0 unspecified atom stereocenters. The summed E-state index contributed by atoms with van der Waals surface area (Å²) in [6, 6.07) is 16.3. The molecule has 10 heteroatoms. The molecule has 9 nitrogen and oxygen atoms in total. The van der Waals surface area contributed by atoms with E-state index in [1.165, 1.54) is 0 Å². The van der Waals surface area contributed by atoms with Crippen LogP contribution in [0, 0.1) is 6.92 Å². The van der Waals surface area contributed by atoms with Gasteiger partial charge in [-0.1, -0.05) is 41.9 Å². The van der Waals surface area contributed by atoms with Crippen molar-refractivity contribution in [1.29, 1.82) is 0 Å². The number of nitrogens with zero attached hydrogens (tertiary/aromatic N) is 3. The summed E-state index contributed by atoms with van der Waals surface area (Å²) in [5, 5.41) is 11.0. The Kier molecular flexibility index (Phi) is 7.01. The fourth-order valence-electron chi connectivity index (χ4n) is 3.11. The van der Waals surface area contributed by atoms with Crippen LogP contribution in [0.15, 0.2) is 54.6 Å². The van der Waals surface area contributed by atoms with Gasteiger partial charge in [0.25, 0.3) is 0 Å². The van der Waals surface area contributed by atoms with Crippen LogP contribution >= 0.6 is 11.6 Å². The number of rotatable bonds is 10. The molecule has 0 aliphatic heterocycles. The van der Waals surface area contributed by atoms with Crippen molar-refractivity contribution in [2.45, 2.75) is 19.8 Å². The number of halogens is 1. The minimum Gasteiger partial charge on any atom is -0.438 e. The van der Waals surface area contributed by atoms with Gasteiger partial charge in [0.15, 0.2) is 24.0 Å². The van der Waals surface area contributed by atoms with Crippen molar-refractivity contribution in [3.05, 3.63) is 70.9 Å². The van der Waals surface area contributed by atoms with Gasteiger partial charge in [0, 0.05) is 23.2 Å². The van der Waals surface area contributed by atoms with E-state index in [2.05, 4.69) is 20.5 Å². The molecule has 33 heavy (non-hydrogen) atoms. The van der Waals surface area contributed by atoms with Crippen LogP contribution in [-0.2, 0) is 14.3 Å². The number of ether oxygens (including phenoxy) is 2. The first kappa shape index (κ1) is 22.5. The first-order chi connectivity index (χ1) is 16.0. The maximum atomic E-state index is 12.0. The zero-order chi connectivity index (χ0) is 23.2. The van der Waals surface area contributed by atoms with Gasteiger partial charge >= 0.3 is 5.97 Å². The Bertz CT molecular complexity index is 1250. The number of carbonyl (C=O) groups excluding carboxylic acids is 2. The standard InChI is InChI=1S/C23H22ClN5O4/c1-15-21(24)23-26-22(28-29(23)27-15)17-7-9-18(10-8-17)25-13-32-14-33-20(31)12-11-19(30)16-5-3-2-4-6-16/h2-10,25,27H,11-14H2,1H3. The van der Waals surface area contributed by atoms with Gasteiger partial charge in [0.05, 0.1) is 12.1 Å². The molecule has 2 heterocycles. The molecule has 0 saturated heterocycles. The first-order valence-electron chi connectivity index (χ1n) is 10.3. The Balaban J connectivity index is 1.16. The van der Waals surface area contributed by atoms with Gasteiger partial charge in [-0.15, -0.1) is 5.10 Å². The van der Waals surface area contributed by atoms with Crippen LogP contribution in [0.5, 0.6) is 0 Å². The van der Waals surface area contributed by atoms with Crippen LogP contribution in [0.1, 0.15) is 28.9 Å². The molecular formula is C23H22ClN5O4. The van der Waals surface area contributed by atoms with Crippen molar-refractivity contribution >= 4 is 34.7 Å². The molecule has 0 fully saturated rings. The van der Waals surface area contributed by atoms with Gasteiger partial charge in [-0.3, -0.25) is 14.7 Å². The zero-order valence-electron chi connectivity index (χ0n) is 17.9. The van der Waals surface area contributed by atoms with Gasteiger partial charge < -0.3 is 14.8 Å². The van der Waals surface area contributed by atoms with Gasteiger partial charge in [-0.2, -0.15) is 4.63 Å². The first-order valence-corrected chi connectivity index (χ1v) is 10.7. The third kappa shape index (κ3) is 5.57. The van der Waals surface area contributed by atoms with E-state index in [0.29, 0.717) is 22.1 Å². The zero-order valence-corrected chi connectivity index (χ0v) is 18.6. The molecule has 0 saturated carbocycles. The quantitative estimate of drug-likeness (QED) is 0.155. The second-order valence-corrected chi connectivity index (χ2v) is 7.63. The van der Waals surface area contributed by atoms with Gasteiger partial charge in [0.2, 0.25) is 0 Å². The Morgan fingerprint density at radius 3 is 2.58 bits per heavy atom. The van der Waals surface area contributed by atoms with E-state index >= 15 is 0 Å². The Morgan fingerprint density at radius 1 is 1.09 bits per heavy atom. The summed E-state index contributed by atoms with van der Waals surface area (Å²) in [4.78, 5) is 28.2. The predicted octanol–water partition coefficient (Wildman–Crippen LogP) is 4.24. The lowest BCUT2D eigenvalue weighted by molar-refractivity contribution is -0.155. The molecule has 0 amide bonds. The summed E-state index contributed by atoms with van der Waals surface area (Å²) in [5.74, 6) is -0.0220. The number of hydrogen-bond donors (Lipinski definition) is 2. The number of aromatic amines is 1. The molecule has 0 atom stereocenters. The van der Waals surface area contributed by atoms with Crippen LogP contribution in [0.25, 0.3) is 17.0 Å². The number of Topliss-reactive ketones (excluding diaryl/α,β-unsaturated/α-hetero) is 1. The molecule has 0 bridgehead atoms. The number of anilines is 1. The predicted molar refractivity (Wildman–Crippen MR) is 123 cm³/mol. The van der Waals surface area contributed by atoms with Crippen LogP contribution in [0.4, 0.5) is 5.69 Å². The molecule has 0 spiro atoms. The SMILES string of the molecule is Cc1[nH]n2nc(-c3ccc(NCOCOC(=O)CCC(=O)c4ccccc4)cc3)nc2c1Cl. The van der Waals surface area contributed by atoms with Crippen LogP contribution in [0.3, 0.4) is 0 Å². The smallest absolute Gasteiger partial charge is 0.308 e. The fourth-order valence-corrected chi connectivity index (χ4v) is 3.27. The van der Waals surface area contributed by atoms with E-state index in [1.54, 1.807) is 28.9 Å². The average molecular weight is 468 g/mol. The largest absolute Gasteiger partial charge is 0.438 e. The maximum absolute atomic E-state index is 12.0. The second-order valence-electron chi connectivity index (χ2n) is 7.25. The minimum atomic E-state index is -0.484. The number of aryl methyl sites for hydroxylation is 1. The third-order valence-electron chi connectivity index (χ3n) is 4.88. The van der Waals surface area contributed by atoms with E-state index < -0.39 is 5.97 Å². The Hall–Kier alpha value is -3.69. The monoisotopic (exact) mass is 467 g/mol. The average Bonchev–Trinajstić information content (AvgIpc) is 3.37. The van der Waals surface area contributed by atoms with Crippen molar-refractivity contribution < 1.29 is 19.1 Å². The highest BCUT2D eigenvalue weighted by molar-refractivity contribution is 6.34. The summed E-state index contributed by atoms with van der Waals surface area (Å²) in [6.07, 6.45) is 0.105. The number of ketones is 1. The Morgan fingerprint density at radius 2 is 1.85 bits per heavy atom. The fraction of sp³-hybridized carbons (Fsp3) is 0.217. The summed E-state index contributed by atoms with van der Waals surface area (Å²) < 4.78 is 11.8. The van der Waals surface area contributed by atoms with E-state index in [1.807, 2.05) is 37.3 Å². The van der Waals surface area contributed by atoms with Crippen molar-refractivity contribution in [2.24, 2.45) is 0 Å². The van der Waals surface area contributed by atoms with Gasteiger partial charge in [-0.05, 0) is 31.2 Å². The van der Waals surface area contributed by atoms with Crippen LogP contribution in [-0.4, -0.2) is 45.1 Å². The summed E-state index contributed by atoms with van der Waals surface area (Å²) in [5.41, 5.74) is 3.63. The summed E-state index contributed by atoms with van der Waals surface area (Å²) in [6.45, 7) is 1.80. The van der Waals surface area contributed by atoms with E-state index in [0.717, 1.165) is 16.9 Å². The van der Waals surface area contributed by atoms with Crippen LogP contribution in [0.2, 0.25) is 5.02 Å². The van der Waals surface area contributed by atoms with Gasteiger partial charge in [-0.25, -0.2) is 4.98 Å². The number of carbonyl (C=O) groups is 2. The number of esters is 1. The number of fused-ring (bicyclic) bond motifs is 1. The van der Waals surface area contributed by atoms with E-state index in [-0.39, 0.29) is 32.1 Å². The lowest BCUT2D eigenvalue weighted by Crippen LogP contribution is -2.13. The highest BCUT2D eigenvalue weighted by atomic mass is 35.5. The number of benzene rings is 2. The molecule has 0 aliphatic carbocycles. The second kappa shape index (κ2) is 10.3. The molecular weight excluding hydrogens is 446 g/mol. The number of H-pyrrole nitrogens is 1. The number of hydrogen-bond acceptors (Lipinski definition) is 7. The molecule has 0 aliphatic rings. The molecule has 4 aromatic rings. The molecule has 170 valence electrons. The van der Waals surface area contributed by atoms with Crippen molar-refractivity contribution in [3.8, 4) is 11.4 Å². The Labute approximate surface area is 194 Å². The van der Waals surface area contributed by atoms with E-state index in [9.17, 15) is 9.59 Å². The molecule has 4 rings (SSSR count). The normalized spacial score (nSPS) is 11.0. The number of aromatic nitrogens is 4. The minimum absolute atomic E-state index is 0.00752. The van der Waals surface area contributed by atoms with Crippen LogP contribution < -0.4 is 5.32 Å². The maximum Gasteiger partial charge on any atom is 0.308 e. The number of nitrogens with one attached hydrogen (secondary N) is 2. The van der Waals surface area contributed by atoms with E-state index in [4.69, 9.17) is 21.1 Å². The molecule has 2 aromatic heterocycles. The lowest BCUT2D eigenvalue weighted by Gasteiger charge is -2.09. The molecule has 2 aromatic carbocycles. The van der Waals surface area contributed by atoms with Crippen molar-refractivity contribution in [1.82, 2.24) is 19.8 Å². The highest BCUT2D eigenvalue weighted by Gasteiger charge is 2.13. The highest BCUT2D eigenvalue weighted by Crippen LogP contribution is 2.24.